The molecule has 0 bridgehead atoms. The summed E-state index contributed by atoms with van der Waals surface area (Å²) in [6.45, 7) is 0. The molecule has 0 atom stereocenters. The number of benzene rings is 1. The zero-order valence-electron chi connectivity index (χ0n) is 13.0. The Kier molecular flexibility index (Phi) is 3.34. The number of ether oxygens (including phenoxy) is 1. The van der Waals surface area contributed by atoms with E-state index in [4.69, 9.17) is 4.74 Å². The molecule has 1 aliphatic rings. The highest BCUT2D eigenvalue weighted by Crippen LogP contribution is 2.35. The summed E-state index contributed by atoms with van der Waals surface area (Å²) in [4.78, 5) is 14.0. The smallest absolute Gasteiger partial charge is 0.261 e. The van der Waals surface area contributed by atoms with E-state index >= 15 is 0 Å². The van der Waals surface area contributed by atoms with Gasteiger partial charge >= 0.3 is 0 Å². The normalized spacial score (nSPS) is 14.2. The Bertz CT molecular complexity index is 893. The van der Waals surface area contributed by atoms with Gasteiger partial charge in [-0.3, -0.25) is 9.48 Å². The van der Waals surface area contributed by atoms with Gasteiger partial charge in [-0.2, -0.15) is 5.10 Å². The topological polar surface area (TPSA) is 56.2 Å². The Morgan fingerprint density at radius 2 is 2.22 bits per heavy atom. The number of rotatable bonds is 4. The molecule has 4 rings (SSSR count). The van der Waals surface area contributed by atoms with E-state index in [1.165, 1.54) is 11.3 Å². The number of hydrogen-bond donors (Lipinski definition) is 1. The fourth-order valence-electron chi connectivity index (χ4n) is 2.62. The van der Waals surface area contributed by atoms with Crippen molar-refractivity contribution >= 4 is 27.5 Å². The maximum atomic E-state index is 12.3. The molecule has 1 fully saturated rings. The molecule has 118 valence electrons. The van der Waals surface area contributed by atoms with Crippen LogP contribution in [0.5, 0.6) is 5.75 Å². The number of aromatic nitrogens is 2. The molecule has 23 heavy (non-hydrogen) atoms. The van der Waals surface area contributed by atoms with Crippen molar-refractivity contribution in [2.24, 2.45) is 7.05 Å². The molecule has 3 aromatic rings. The molecule has 2 heterocycles. The van der Waals surface area contributed by atoms with E-state index in [0.717, 1.165) is 44.9 Å². The second kappa shape index (κ2) is 5.38. The summed E-state index contributed by atoms with van der Waals surface area (Å²) in [7, 11) is 3.56. The molecule has 1 aromatic carbocycles. The quantitative estimate of drug-likeness (QED) is 0.800. The van der Waals surface area contributed by atoms with Crippen LogP contribution in [0.3, 0.4) is 0 Å². The Hall–Kier alpha value is -2.34. The zero-order chi connectivity index (χ0) is 16.0. The molecule has 0 spiro atoms. The predicted molar refractivity (Wildman–Crippen MR) is 91.1 cm³/mol. The molecule has 0 radical (unpaired) electrons. The van der Waals surface area contributed by atoms with Gasteiger partial charge in [-0.05, 0) is 31.0 Å². The van der Waals surface area contributed by atoms with Crippen molar-refractivity contribution in [2.45, 2.75) is 18.9 Å². The molecular formula is C17H17N3O2S. The largest absolute Gasteiger partial charge is 0.497 e. The lowest BCUT2D eigenvalue weighted by atomic mass is 10.1. The summed E-state index contributed by atoms with van der Waals surface area (Å²) < 4.78 is 7.13. The monoisotopic (exact) mass is 327 g/mol. The zero-order valence-corrected chi connectivity index (χ0v) is 13.8. The number of nitrogens with one attached hydrogen (secondary N) is 1. The van der Waals surface area contributed by atoms with Gasteiger partial charge in [0.2, 0.25) is 0 Å². The van der Waals surface area contributed by atoms with Gasteiger partial charge in [0.15, 0.2) is 0 Å². The number of carbonyl (C=O) groups is 1. The van der Waals surface area contributed by atoms with Crippen LogP contribution in [-0.4, -0.2) is 28.8 Å². The number of thiophene rings is 1. The molecule has 0 aliphatic heterocycles. The van der Waals surface area contributed by atoms with Gasteiger partial charge < -0.3 is 10.1 Å². The lowest BCUT2D eigenvalue weighted by Gasteiger charge is -2.02. The van der Waals surface area contributed by atoms with Crippen LogP contribution < -0.4 is 10.1 Å². The molecular weight excluding hydrogens is 310 g/mol. The first-order chi connectivity index (χ1) is 11.2. The van der Waals surface area contributed by atoms with Crippen LogP contribution in [-0.2, 0) is 7.05 Å². The lowest BCUT2D eigenvalue weighted by Crippen LogP contribution is -2.24. The lowest BCUT2D eigenvalue weighted by molar-refractivity contribution is 0.0955. The van der Waals surface area contributed by atoms with Crippen molar-refractivity contribution < 1.29 is 9.53 Å². The standard InChI is InChI=1S/C17H17N3O2S/c1-20-17-13(9-14(23-17)16(21)18-11-6-7-11)15(19-20)10-4-3-5-12(8-10)22-2/h3-5,8-9,11H,6-7H2,1-2H3,(H,18,21). The van der Waals surface area contributed by atoms with Crippen molar-refractivity contribution in [1.82, 2.24) is 15.1 Å². The number of carbonyl (C=O) groups excluding carboxylic acids is 1. The van der Waals surface area contributed by atoms with Crippen LogP contribution in [0.1, 0.15) is 22.5 Å². The fraction of sp³-hybridized carbons (Fsp3) is 0.294. The van der Waals surface area contributed by atoms with Crippen LogP contribution in [0.15, 0.2) is 30.3 Å². The minimum absolute atomic E-state index is 0.0188. The predicted octanol–water partition coefficient (Wildman–Crippen LogP) is 3.20. The third kappa shape index (κ3) is 2.59. The van der Waals surface area contributed by atoms with Crippen LogP contribution in [0, 0.1) is 0 Å². The number of amides is 1. The Morgan fingerprint density at radius 3 is 2.96 bits per heavy atom. The highest BCUT2D eigenvalue weighted by molar-refractivity contribution is 7.20. The van der Waals surface area contributed by atoms with Gasteiger partial charge in [0, 0.05) is 24.0 Å². The number of aryl methyl sites for hydroxylation is 1. The van der Waals surface area contributed by atoms with Gasteiger partial charge in [-0.1, -0.05) is 12.1 Å². The third-order valence-electron chi connectivity index (χ3n) is 3.99. The first kappa shape index (κ1) is 14.3. The number of hydrogen-bond acceptors (Lipinski definition) is 4. The fourth-order valence-corrected chi connectivity index (χ4v) is 3.60. The first-order valence-corrected chi connectivity index (χ1v) is 8.39. The van der Waals surface area contributed by atoms with Gasteiger partial charge in [0.25, 0.3) is 5.91 Å². The van der Waals surface area contributed by atoms with E-state index in [2.05, 4.69) is 10.4 Å². The summed E-state index contributed by atoms with van der Waals surface area (Å²) in [6, 6.07) is 10.1. The van der Waals surface area contributed by atoms with Gasteiger partial charge in [0.1, 0.15) is 16.3 Å². The van der Waals surface area contributed by atoms with E-state index < -0.39 is 0 Å². The van der Waals surface area contributed by atoms with E-state index in [-0.39, 0.29) is 5.91 Å². The average molecular weight is 327 g/mol. The third-order valence-corrected chi connectivity index (χ3v) is 5.19. The summed E-state index contributed by atoms with van der Waals surface area (Å²) in [6.07, 6.45) is 2.18. The van der Waals surface area contributed by atoms with E-state index in [9.17, 15) is 4.79 Å². The number of fused-ring (bicyclic) bond motifs is 1. The summed E-state index contributed by atoms with van der Waals surface area (Å²) in [5.74, 6) is 0.813. The first-order valence-electron chi connectivity index (χ1n) is 7.57. The van der Waals surface area contributed by atoms with E-state index in [1.807, 2.05) is 42.1 Å². The molecule has 5 nitrogen and oxygen atoms in total. The Labute approximate surface area is 137 Å². The maximum absolute atomic E-state index is 12.3. The van der Waals surface area contributed by atoms with Gasteiger partial charge in [-0.15, -0.1) is 11.3 Å². The van der Waals surface area contributed by atoms with Crippen molar-refractivity contribution in [2.75, 3.05) is 7.11 Å². The highest BCUT2D eigenvalue weighted by Gasteiger charge is 2.25. The van der Waals surface area contributed by atoms with Crippen LogP contribution in [0.2, 0.25) is 0 Å². The molecule has 1 saturated carbocycles. The molecule has 0 unspecified atom stereocenters. The summed E-state index contributed by atoms with van der Waals surface area (Å²) >= 11 is 1.48. The maximum Gasteiger partial charge on any atom is 0.261 e. The second-order valence-electron chi connectivity index (χ2n) is 5.78. The SMILES string of the molecule is COc1cccc(-c2nn(C)c3sc(C(=O)NC4CC4)cc23)c1. The van der Waals surface area contributed by atoms with Crippen molar-refractivity contribution in [3.05, 3.63) is 35.2 Å². The van der Waals surface area contributed by atoms with E-state index in [0.29, 0.717) is 6.04 Å². The number of nitrogens with zero attached hydrogens (tertiary/aromatic N) is 2. The van der Waals surface area contributed by atoms with Crippen LogP contribution >= 0.6 is 11.3 Å². The summed E-state index contributed by atoms with van der Waals surface area (Å²) in [5, 5.41) is 8.65. The second-order valence-corrected chi connectivity index (χ2v) is 6.81. The van der Waals surface area contributed by atoms with Gasteiger partial charge in [0.05, 0.1) is 12.0 Å². The highest BCUT2D eigenvalue weighted by atomic mass is 32.1. The molecule has 0 saturated heterocycles. The van der Waals surface area contributed by atoms with Gasteiger partial charge in [-0.25, -0.2) is 0 Å². The Balaban J connectivity index is 1.77. The summed E-state index contributed by atoms with van der Waals surface area (Å²) in [5.41, 5.74) is 1.87. The van der Waals surface area contributed by atoms with Crippen molar-refractivity contribution in [3.63, 3.8) is 0 Å². The average Bonchev–Trinajstić information content (AvgIpc) is 3.17. The van der Waals surface area contributed by atoms with E-state index in [1.54, 1.807) is 7.11 Å². The van der Waals surface area contributed by atoms with Crippen LogP contribution in [0.25, 0.3) is 21.5 Å². The molecule has 1 N–H and O–H groups in total. The van der Waals surface area contributed by atoms with Crippen molar-refractivity contribution in [3.8, 4) is 17.0 Å². The molecule has 6 heteroatoms. The number of methoxy groups -OCH3 is 1. The minimum Gasteiger partial charge on any atom is -0.497 e. The molecule has 2 aromatic heterocycles. The van der Waals surface area contributed by atoms with Crippen LogP contribution in [0.4, 0.5) is 0 Å². The Morgan fingerprint density at radius 1 is 1.39 bits per heavy atom. The molecule has 1 amide bonds. The van der Waals surface area contributed by atoms with Crippen molar-refractivity contribution in [1.29, 1.82) is 0 Å². The molecule has 1 aliphatic carbocycles. The minimum atomic E-state index is 0.0188.